The fraction of sp³-hybridized carbons (Fsp3) is 0.269. The second-order valence-electron chi connectivity index (χ2n) is 7.67. The first-order valence-electron chi connectivity index (χ1n) is 11.0. The van der Waals surface area contributed by atoms with Crippen molar-refractivity contribution in [3.05, 3.63) is 85.1 Å². The highest BCUT2D eigenvalue weighted by atomic mass is 16.4. The SMILES string of the molecule is CC(C)C[C@H](NC(=O)/C=C/C=C/C=C/C=C/C=C/C=C/C=C/C(=O)N[C@@H](CC(=O)O)C(=O)O)C(=O)O. The maximum Gasteiger partial charge on any atom is 0.326 e. The smallest absolute Gasteiger partial charge is 0.326 e. The summed E-state index contributed by atoms with van der Waals surface area (Å²) in [6.07, 6.45) is 21.8. The third-order valence-electron chi connectivity index (χ3n) is 4.03. The molecule has 36 heavy (non-hydrogen) atoms. The lowest BCUT2D eigenvalue weighted by Crippen LogP contribution is -2.41. The highest BCUT2D eigenvalue weighted by molar-refractivity contribution is 5.92. The van der Waals surface area contributed by atoms with E-state index in [1.165, 1.54) is 18.2 Å². The van der Waals surface area contributed by atoms with Crippen molar-refractivity contribution in [2.45, 2.75) is 38.8 Å². The fourth-order valence-corrected chi connectivity index (χ4v) is 2.43. The van der Waals surface area contributed by atoms with E-state index in [9.17, 15) is 24.0 Å². The Labute approximate surface area is 209 Å². The van der Waals surface area contributed by atoms with Crippen LogP contribution in [-0.2, 0) is 24.0 Å². The summed E-state index contributed by atoms with van der Waals surface area (Å²) in [6, 6.07) is -2.42. The minimum absolute atomic E-state index is 0.141. The van der Waals surface area contributed by atoms with Gasteiger partial charge in [0, 0.05) is 12.2 Å². The first kappa shape index (κ1) is 31.5. The number of rotatable bonds is 16. The van der Waals surface area contributed by atoms with E-state index in [1.54, 1.807) is 60.8 Å². The maximum absolute atomic E-state index is 11.8. The van der Waals surface area contributed by atoms with Crippen LogP contribution in [0.1, 0.15) is 26.7 Å². The molecule has 5 N–H and O–H groups in total. The second-order valence-corrected chi connectivity index (χ2v) is 7.67. The van der Waals surface area contributed by atoms with E-state index in [4.69, 9.17) is 15.3 Å². The van der Waals surface area contributed by atoms with Gasteiger partial charge in [0.2, 0.25) is 11.8 Å². The monoisotopic (exact) mass is 500 g/mol. The second kappa shape index (κ2) is 18.9. The zero-order valence-electron chi connectivity index (χ0n) is 20.1. The van der Waals surface area contributed by atoms with Crippen LogP contribution in [0.3, 0.4) is 0 Å². The van der Waals surface area contributed by atoms with Crippen molar-refractivity contribution in [2.24, 2.45) is 5.92 Å². The van der Waals surface area contributed by atoms with Crippen molar-refractivity contribution in [2.75, 3.05) is 0 Å². The Morgan fingerprint density at radius 3 is 1.22 bits per heavy atom. The predicted octanol–water partition coefficient (Wildman–Crippen LogP) is 2.54. The van der Waals surface area contributed by atoms with Gasteiger partial charge in [-0.1, -0.05) is 86.8 Å². The Morgan fingerprint density at radius 1 is 0.583 bits per heavy atom. The van der Waals surface area contributed by atoms with E-state index in [1.807, 2.05) is 13.8 Å². The minimum Gasteiger partial charge on any atom is -0.481 e. The van der Waals surface area contributed by atoms with Crippen molar-refractivity contribution in [1.82, 2.24) is 10.6 Å². The molecule has 2 amide bonds. The molecule has 0 saturated carbocycles. The van der Waals surface area contributed by atoms with Crippen molar-refractivity contribution >= 4 is 29.7 Å². The molecule has 10 nitrogen and oxygen atoms in total. The Hall–Kier alpha value is -4.47. The molecular formula is C26H32N2O8. The summed E-state index contributed by atoms with van der Waals surface area (Å²) in [7, 11) is 0. The fourth-order valence-electron chi connectivity index (χ4n) is 2.43. The lowest BCUT2D eigenvalue weighted by Gasteiger charge is -2.15. The summed E-state index contributed by atoms with van der Waals surface area (Å²) in [5.74, 6) is -4.88. The number of hydrogen-bond acceptors (Lipinski definition) is 5. The Balaban J connectivity index is 4.36. The molecule has 2 atom stereocenters. The number of carboxylic acids is 3. The molecule has 0 aliphatic heterocycles. The number of aliphatic carboxylic acids is 3. The number of amides is 2. The predicted molar refractivity (Wildman–Crippen MR) is 135 cm³/mol. The van der Waals surface area contributed by atoms with Gasteiger partial charge in [0.25, 0.3) is 0 Å². The molecule has 0 radical (unpaired) electrons. The topological polar surface area (TPSA) is 170 Å². The third-order valence-corrected chi connectivity index (χ3v) is 4.03. The van der Waals surface area contributed by atoms with E-state index in [0.717, 1.165) is 6.08 Å². The highest BCUT2D eigenvalue weighted by Crippen LogP contribution is 2.04. The third kappa shape index (κ3) is 18.0. The van der Waals surface area contributed by atoms with Crippen LogP contribution in [0.2, 0.25) is 0 Å². The zero-order chi connectivity index (χ0) is 27.3. The van der Waals surface area contributed by atoms with Gasteiger partial charge in [0.05, 0.1) is 6.42 Å². The van der Waals surface area contributed by atoms with Crippen molar-refractivity contribution in [3.63, 3.8) is 0 Å². The summed E-state index contributed by atoms with van der Waals surface area (Å²) in [5, 5.41) is 31.1. The quantitative estimate of drug-likeness (QED) is 0.159. The van der Waals surface area contributed by atoms with Gasteiger partial charge in [0.1, 0.15) is 12.1 Å². The molecule has 0 unspecified atom stereocenters. The number of carbonyl (C=O) groups is 5. The molecule has 0 aromatic rings. The van der Waals surface area contributed by atoms with Gasteiger partial charge in [-0.2, -0.15) is 0 Å². The average Bonchev–Trinajstić information content (AvgIpc) is 2.77. The number of nitrogens with one attached hydrogen (secondary N) is 2. The lowest BCUT2D eigenvalue weighted by molar-refractivity contribution is -0.146. The Morgan fingerprint density at radius 2 is 0.917 bits per heavy atom. The van der Waals surface area contributed by atoms with E-state index < -0.39 is 48.2 Å². The molecule has 0 saturated heterocycles. The Bertz CT molecular complexity index is 968. The number of carbonyl (C=O) groups excluding carboxylic acids is 2. The molecule has 0 aliphatic rings. The number of allylic oxidation sites excluding steroid dienone is 12. The van der Waals surface area contributed by atoms with Gasteiger partial charge in [-0.05, 0) is 12.3 Å². The van der Waals surface area contributed by atoms with Gasteiger partial charge < -0.3 is 26.0 Å². The van der Waals surface area contributed by atoms with Crippen LogP contribution in [0.5, 0.6) is 0 Å². The Kier molecular flexibility index (Phi) is 16.6. The van der Waals surface area contributed by atoms with Gasteiger partial charge in [0.15, 0.2) is 0 Å². The van der Waals surface area contributed by atoms with E-state index in [2.05, 4.69) is 10.6 Å². The van der Waals surface area contributed by atoms with Crippen LogP contribution in [0.4, 0.5) is 0 Å². The van der Waals surface area contributed by atoms with Crippen LogP contribution in [-0.4, -0.2) is 57.1 Å². The summed E-state index contributed by atoms with van der Waals surface area (Å²) < 4.78 is 0. The summed E-state index contributed by atoms with van der Waals surface area (Å²) >= 11 is 0. The van der Waals surface area contributed by atoms with Crippen molar-refractivity contribution in [1.29, 1.82) is 0 Å². The van der Waals surface area contributed by atoms with Crippen LogP contribution in [0, 0.1) is 5.92 Å². The van der Waals surface area contributed by atoms with Gasteiger partial charge in [-0.15, -0.1) is 0 Å². The molecular weight excluding hydrogens is 468 g/mol. The first-order valence-corrected chi connectivity index (χ1v) is 11.0. The van der Waals surface area contributed by atoms with Crippen LogP contribution in [0.15, 0.2) is 85.1 Å². The molecule has 194 valence electrons. The van der Waals surface area contributed by atoms with E-state index in [-0.39, 0.29) is 5.92 Å². The number of hydrogen-bond donors (Lipinski definition) is 5. The lowest BCUT2D eigenvalue weighted by atomic mass is 10.0. The summed E-state index contributed by atoms with van der Waals surface area (Å²) in [4.78, 5) is 56.0. The molecule has 0 fully saturated rings. The van der Waals surface area contributed by atoms with E-state index >= 15 is 0 Å². The molecule has 0 bridgehead atoms. The van der Waals surface area contributed by atoms with Crippen LogP contribution in [0.25, 0.3) is 0 Å². The maximum atomic E-state index is 11.8. The van der Waals surface area contributed by atoms with Gasteiger partial charge >= 0.3 is 17.9 Å². The molecule has 0 rings (SSSR count). The molecule has 10 heteroatoms. The first-order chi connectivity index (χ1) is 17.0. The average molecular weight is 501 g/mol. The largest absolute Gasteiger partial charge is 0.481 e. The molecule has 0 heterocycles. The van der Waals surface area contributed by atoms with Gasteiger partial charge in [-0.25, -0.2) is 9.59 Å². The van der Waals surface area contributed by atoms with Crippen molar-refractivity contribution < 1.29 is 39.3 Å². The standard InChI is InChI=1S/C26H32N2O8/c1-19(2)17-20(25(33)34)27-22(29)15-13-11-9-7-5-3-4-6-8-10-12-14-16-23(30)28-21(26(35)36)18-24(31)32/h3-16,19-21H,17-18H2,1-2H3,(H,27,29)(H,28,30)(H,31,32)(H,33,34)(H,35,36)/b4-3+,7-5+,8-6+,11-9+,12-10+,15-13+,16-14+/t20-,21-/m0/s1. The van der Waals surface area contributed by atoms with Crippen LogP contribution < -0.4 is 10.6 Å². The highest BCUT2D eigenvalue weighted by Gasteiger charge is 2.22. The van der Waals surface area contributed by atoms with Crippen molar-refractivity contribution in [3.8, 4) is 0 Å². The molecule has 0 aromatic carbocycles. The summed E-state index contributed by atoms with van der Waals surface area (Å²) in [5.41, 5.74) is 0. The minimum atomic E-state index is -1.50. The van der Waals surface area contributed by atoms with Gasteiger partial charge in [-0.3, -0.25) is 14.4 Å². The number of carboxylic acid groups (broad SMARTS) is 3. The normalized spacial score (nSPS) is 14.2. The molecule has 0 spiro atoms. The summed E-state index contributed by atoms with van der Waals surface area (Å²) in [6.45, 7) is 3.76. The zero-order valence-corrected chi connectivity index (χ0v) is 20.1. The molecule has 0 aromatic heterocycles. The molecule has 0 aliphatic carbocycles. The van der Waals surface area contributed by atoms with E-state index in [0.29, 0.717) is 6.42 Å². The van der Waals surface area contributed by atoms with Crippen LogP contribution >= 0.6 is 0 Å².